The number of carbonyl (C=O) groups excluding carboxylic acids is 3. The summed E-state index contributed by atoms with van der Waals surface area (Å²) in [4.78, 5) is 36.5. The fourth-order valence-corrected chi connectivity index (χ4v) is 3.06. The minimum atomic E-state index is -0.957. The van der Waals surface area contributed by atoms with Gasteiger partial charge in [0.15, 0.2) is 17.6 Å². The van der Waals surface area contributed by atoms with Crippen molar-refractivity contribution in [2.45, 2.75) is 53.1 Å². The maximum atomic E-state index is 12.6. The number of anilines is 1. The van der Waals surface area contributed by atoms with Gasteiger partial charge in [-0.3, -0.25) is 9.59 Å². The highest BCUT2D eigenvalue weighted by Gasteiger charge is 2.18. The molecule has 2 rings (SSSR count). The molecule has 0 heterocycles. The molecule has 1 atom stereocenters. The van der Waals surface area contributed by atoms with Crippen LogP contribution in [0.1, 0.15) is 62.9 Å². The van der Waals surface area contributed by atoms with Gasteiger partial charge in [0.1, 0.15) is 0 Å². The van der Waals surface area contributed by atoms with Crippen LogP contribution in [0.15, 0.2) is 48.5 Å². The van der Waals surface area contributed by atoms with E-state index in [0.717, 1.165) is 18.4 Å². The molecule has 0 saturated carbocycles. The summed E-state index contributed by atoms with van der Waals surface area (Å²) in [7, 11) is 0. The van der Waals surface area contributed by atoms with Gasteiger partial charge in [-0.25, -0.2) is 4.79 Å². The van der Waals surface area contributed by atoms with Crippen LogP contribution in [-0.4, -0.2) is 37.0 Å². The second-order valence-electron chi connectivity index (χ2n) is 7.64. The van der Waals surface area contributed by atoms with Crippen LogP contribution in [0, 0.1) is 0 Å². The number of amides is 1. The van der Waals surface area contributed by atoms with Gasteiger partial charge in [-0.2, -0.15) is 0 Å². The fraction of sp³-hybridized carbons (Fsp3) is 0.370. The van der Waals surface area contributed by atoms with Gasteiger partial charge in [-0.15, -0.1) is 0 Å². The Morgan fingerprint density at radius 2 is 1.68 bits per heavy atom. The number of hydrogen-bond donors (Lipinski definition) is 1. The number of Topliss-reactive ketones (excluding diaryl/α,β-unsaturated/α-hetero) is 1. The quantitative estimate of drug-likeness (QED) is 0.240. The second kappa shape index (κ2) is 13.8. The third kappa shape index (κ3) is 8.39. The molecule has 2 aromatic rings. The first kappa shape index (κ1) is 26.6. The SMILES string of the molecule is CCCOc1ccc(/C=C\C(=O)O[C@@H](C)C(=O)c2ccc(NC(=O)CCC)cc2)cc1OCC. The Morgan fingerprint density at radius 1 is 0.941 bits per heavy atom. The van der Waals surface area contributed by atoms with Gasteiger partial charge in [0.05, 0.1) is 13.2 Å². The molecule has 0 aliphatic heterocycles. The van der Waals surface area contributed by atoms with Crippen molar-refractivity contribution in [3.63, 3.8) is 0 Å². The Morgan fingerprint density at radius 3 is 2.32 bits per heavy atom. The summed E-state index contributed by atoms with van der Waals surface area (Å²) in [5.41, 5.74) is 1.74. The van der Waals surface area contributed by atoms with Crippen molar-refractivity contribution in [2.75, 3.05) is 18.5 Å². The van der Waals surface area contributed by atoms with Crippen molar-refractivity contribution < 1.29 is 28.6 Å². The van der Waals surface area contributed by atoms with Gasteiger partial charge in [0.2, 0.25) is 11.7 Å². The molecule has 1 amide bonds. The largest absolute Gasteiger partial charge is 0.490 e. The lowest BCUT2D eigenvalue weighted by Gasteiger charge is -2.12. The summed E-state index contributed by atoms with van der Waals surface area (Å²) >= 11 is 0. The lowest BCUT2D eigenvalue weighted by atomic mass is 10.1. The summed E-state index contributed by atoms with van der Waals surface area (Å²) in [6.07, 6.45) is 3.99. The molecule has 0 aromatic heterocycles. The number of carbonyl (C=O) groups is 3. The zero-order chi connectivity index (χ0) is 24.9. The van der Waals surface area contributed by atoms with Gasteiger partial charge in [0.25, 0.3) is 0 Å². The molecular weight excluding hydrogens is 434 g/mol. The molecule has 0 radical (unpaired) electrons. The van der Waals surface area contributed by atoms with Crippen molar-refractivity contribution in [1.29, 1.82) is 0 Å². The van der Waals surface area contributed by atoms with E-state index in [1.807, 2.05) is 26.8 Å². The van der Waals surface area contributed by atoms with E-state index < -0.39 is 12.1 Å². The number of ketones is 1. The van der Waals surface area contributed by atoms with Crippen LogP contribution in [0.5, 0.6) is 11.5 Å². The van der Waals surface area contributed by atoms with E-state index in [1.165, 1.54) is 13.0 Å². The Bertz CT molecular complexity index is 997. The van der Waals surface area contributed by atoms with Crippen molar-refractivity contribution in [1.82, 2.24) is 0 Å². The van der Waals surface area contributed by atoms with Gasteiger partial charge >= 0.3 is 5.97 Å². The van der Waals surface area contributed by atoms with E-state index in [9.17, 15) is 14.4 Å². The van der Waals surface area contributed by atoms with Crippen LogP contribution in [0.3, 0.4) is 0 Å². The predicted octanol–water partition coefficient (Wildman–Crippen LogP) is 5.44. The minimum absolute atomic E-state index is 0.0767. The van der Waals surface area contributed by atoms with Crippen LogP contribution in [0.4, 0.5) is 5.69 Å². The average Bonchev–Trinajstić information content (AvgIpc) is 2.82. The van der Waals surface area contributed by atoms with Gasteiger partial charge in [-0.1, -0.05) is 19.9 Å². The van der Waals surface area contributed by atoms with E-state index in [0.29, 0.717) is 42.4 Å². The van der Waals surface area contributed by atoms with E-state index in [-0.39, 0.29) is 11.7 Å². The van der Waals surface area contributed by atoms with Crippen LogP contribution < -0.4 is 14.8 Å². The molecular formula is C27H33NO6. The maximum absolute atomic E-state index is 12.6. The van der Waals surface area contributed by atoms with Gasteiger partial charge in [-0.05, 0) is 74.7 Å². The smallest absolute Gasteiger partial charge is 0.331 e. The topological polar surface area (TPSA) is 90.9 Å². The lowest BCUT2D eigenvalue weighted by Crippen LogP contribution is -2.23. The van der Waals surface area contributed by atoms with Crippen molar-refractivity contribution in [3.8, 4) is 11.5 Å². The molecule has 0 aliphatic carbocycles. The van der Waals surface area contributed by atoms with Crippen molar-refractivity contribution >= 4 is 29.4 Å². The summed E-state index contributed by atoms with van der Waals surface area (Å²) in [6, 6.07) is 11.9. The number of esters is 1. The molecule has 182 valence electrons. The standard InChI is InChI=1S/C27H33NO6/c1-5-8-25(29)28-22-13-11-21(12-14-22)27(31)19(4)34-26(30)16-10-20-9-15-23(33-17-6-2)24(18-20)32-7-3/h9-16,18-19H,5-8,17H2,1-4H3,(H,28,29)/b16-10-/t19-/m0/s1. The molecule has 0 spiro atoms. The molecule has 34 heavy (non-hydrogen) atoms. The Kier molecular flexibility index (Phi) is 10.8. The number of nitrogens with one attached hydrogen (secondary N) is 1. The maximum Gasteiger partial charge on any atom is 0.331 e. The van der Waals surface area contributed by atoms with E-state index in [2.05, 4.69) is 5.32 Å². The van der Waals surface area contributed by atoms with Crippen molar-refractivity contribution in [3.05, 3.63) is 59.7 Å². The second-order valence-corrected chi connectivity index (χ2v) is 7.64. The van der Waals surface area contributed by atoms with Crippen LogP contribution in [0.2, 0.25) is 0 Å². The number of ether oxygens (including phenoxy) is 3. The highest BCUT2D eigenvalue weighted by Crippen LogP contribution is 2.29. The third-order valence-corrected chi connectivity index (χ3v) is 4.73. The third-order valence-electron chi connectivity index (χ3n) is 4.73. The monoisotopic (exact) mass is 467 g/mol. The first-order valence-electron chi connectivity index (χ1n) is 11.6. The van der Waals surface area contributed by atoms with Crippen LogP contribution >= 0.6 is 0 Å². The highest BCUT2D eigenvalue weighted by atomic mass is 16.5. The first-order valence-corrected chi connectivity index (χ1v) is 11.6. The molecule has 7 heteroatoms. The lowest BCUT2D eigenvalue weighted by molar-refractivity contribution is -0.140. The minimum Gasteiger partial charge on any atom is -0.490 e. The Balaban J connectivity index is 1.96. The molecule has 0 unspecified atom stereocenters. The number of rotatable bonds is 13. The molecule has 7 nitrogen and oxygen atoms in total. The summed E-state index contributed by atoms with van der Waals surface area (Å²) in [5, 5.41) is 2.77. The number of benzene rings is 2. The molecule has 0 saturated heterocycles. The summed E-state index contributed by atoms with van der Waals surface area (Å²) < 4.78 is 16.6. The average molecular weight is 468 g/mol. The summed E-state index contributed by atoms with van der Waals surface area (Å²) in [6.45, 7) is 8.44. The fourth-order valence-electron chi connectivity index (χ4n) is 3.06. The number of hydrogen-bond acceptors (Lipinski definition) is 6. The van der Waals surface area contributed by atoms with E-state index >= 15 is 0 Å². The first-order chi connectivity index (χ1) is 16.4. The zero-order valence-corrected chi connectivity index (χ0v) is 20.3. The zero-order valence-electron chi connectivity index (χ0n) is 20.3. The molecule has 1 N–H and O–H groups in total. The molecule has 2 aromatic carbocycles. The molecule has 0 bridgehead atoms. The van der Waals surface area contributed by atoms with E-state index in [4.69, 9.17) is 14.2 Å². The van der Waals surface area contributed by atoms with Gasteiger partial charge in [0, 0.05) is 23.7 Å². The Hall–Kier alpha value is -3.61. The van der Waals surface area contributed by atoms with Crippen LogP contribution in [0.25, 0.3) is 6.08 Å². The van der Waals surface area contributed by atoms with Gasteiger partial charge < -0.3 is 19.5 Å². The Labute approximate surface area is 201 Å². The summed E-state index contributed by atoms with van der Waals surface area (Å²) in [5.74, 6) is 0.216. The molecule has 0 fully saturated rings. The predicted molar refractivity (Wildman–Crippen MR) is 132 cm³/mol. The normalized spacial score (nSPS) is 11.6. The highest BCUT2D eigenvalue weighted by molar-refractivity contribution is 6.01. The van der Waals surface area contributed by atoms with Crippen molar-refractivity contribution in [2.24, 2.45) is 0 Å². The van der Waals surface area contributed by atoms with E-state index in [1.54, 1.807) is 42.5 Å². The molecule has 0 aliphatic rings. The van der Waals surface area contributed by atoms with Crippen LogP contribution in [-0.2, 0) is 14.3 Å².